The summed E-state index contributed by atoms with van der Waals surface area (Å²) in [6, 6.07) is -0.637. The summed E-state index contributed by atoms with van der Waals surface area (Å²) >= 11 is 1.67. The first kappa shape index (κ1) is 15.2. The van der Waals surface area contributed by atoms with Crippen LogP contribution in [0.3, 0.4) is 0 Å². The van der Waals surface area contributed by atoms with Crippen molar-refractivity contribution >= 4 is 23.6 Å². The van der Waals surface area contributed by atoms with Crippen molar-refractivity contribution in [1.82, 2.24) is 10.2 Å². The number of hydrogen-bond acceptors (Lipinski definition) is 4. The van der Waals surface area contributed by atoms with E-state index in [0.717, 1.165) is 38.6 Å². The molecule has 6 heteroatoms. The number of thioether (sulfide) groups is 1. The summed E-state index contributed by atoms with van der Waals surface area (Å²) < 4.78 is 0. The smallest absolute Gasteiger partial charge is 0.327 e. The highest BCUT2D eigenvalue weighted by atomic mass is 32.2. The molecule has 3 atom stereocenters. The highest BCUT2D eigenvalue weighted by Crippen LogP contribution is 2.47. The lowest BCUT2D eigenvalue weighted by Gasteiger charge is -2.36. The SMILES string of the molecule is CCCC1(C(=O)N2C(C(=O)O)CSC2C2CC2)CCNC1. The molecule has 3 fully saturated rings. The van der Waals surface area contributed by atoms with E-state index in [9.17, 15) is 14.7 Å². The summed E-state index contributed by atoms with van der Waals surface area (Å²) in [6.07, 6.45) is 4.91. The number of carbonyl (C=O) groups is 2. The molecule has 21 heavy (non-hydrogen) atoms. The van der Waals surface area contributed by atoms with E-state index in [0.29, 0.717) is 18.2 Å². The second-order valence-electron chi connectivity index (χ2n) is 6.58. The average molecular weight is 312 g/mol. The number of carboxylic acid groups (broad SMARTS) is 1. The van der Waals surface area contributed by atoms with Gasteiger partial charge in [0.1, 0.15) is 6.04 Å². The number of hydrogen-bond donors (Lipinski definition) is 2. The van der Waals surface area contributed by atoms with Crippen LogP contribution in [0.5, 0.6) is 0 Å². The fraction of sp³-hybridized carbons (Fsp3) is 0.867. The third kappa shape index (κ3) is 2.68. The van der Waals surface area contributed by atoms with Crippen molar-refractivity contribution in [2.24, 2.45) is 11.3 Å². The molecule has 0 spiro atoms. The molecule has 3 aliphatic rings. The third-order valence-electron chi connectivity index (χ3n) is 5.01. The lowest BCUT2D eigenvalue weighted by molar-refractivity contribution is -0.154. The molecule has 0 aromatic rings. The minimum atomic E-state index is -0.850. The maximum Gasteiger partial charge on any atom is 0.327 e. The Morgan fingerprint density at radius 2 is 2.19 bits per heavy atom. The van der Waals surface area contributed by atoms with Gasteiger partial charge in [0, 0.05) is 12.3 Å². The number of carboxylic acids is 1. The molecule has 3 rings (SSSR count). The molecule has 2 heterocycles. The molecular formula is C15H24N2O3S. The Hall–Kier alpha value is -0.750. The van der Waals surface area contributed by atoms with Crippen LogP contribution in [0.25, 0.3) is 0 Å². The van der Waals surface area contributed by atoms with Gasteiger partial charge in [-0.2, -0.15) is 0 Å². The quantitative estimate of drug-likeness (QED) is 0.806. The molecule has 0 aromatic heterocycles. The van der Waals surface area contributed by atoms with Crippen molar-refractivity contribution in [1.29, 1.82) is 0 Å². The van der Waals surface area contributed by atoms with Gasteiger partial charge in [-0.3, -0.25) is 4.79 Å². The first-order chi connectivity index (χ1) is 10.1. The topological polar surface area (TPSA) is 69.6 Å². The maximum atomic E-state index is 13.2. The maximum absolute atomic E-state index is 13.2. The van der Waals surface area contributed by atoms with Crippen molar-refractivity contribution in [3.63, 3.8) is 0 Å². The molecule has 2 N–H and O–H groups in total. The van der Waals surface area contributed by atoms with Crippen LogP contribution in [0.4, 0.5) is 0 Å². The number of aliphatic carboxylic acids is 1. The van der Waals surface area contributed by atoms with Crippen molar-refractivity contribution < 1.29 is 14.7 Å². The molecular weight excluding hydrogens is 288 g/mol. The zero-order valence-electron chi connectivity index (χ0n) is 12.5. The molecule has 0 bridgehead atoms. The molecule has 2 aliphatic heterocycles. The van der Waals surface area contributed by atoms with E-state index in [1.165, 1.54) is 0 Å². The number of carbonyl (C=O) groups excluding carboxylic acids is 1. The van der Waals surface area contributed by atoms with Crippen LogP contribution in [0, 0.1) is 11.3 Å². The van der Waals surface area contributed by atoms with Crippen molar-refractivity contribution in [2.45, 2.75) is 50.4 Å². The van der Waals surface area contributed by atoms with Crippen LogP contribution in [0.15, 0.2) is 0 Å². The highest BCUT2D eigenvalue weighted by molar-refractivity contribution is 8.00. The Kier molecular flexibility index (Phi) is 4.19. The zero-order valence-corrected chi connectivity index (χ0v) is 13.3. The van der Waals surface area contributed by atoms with Gasteiger partial charge in [0.15, 0.2) is 0 Å². The van der Waals surface area contributed by atoms with Gasteiger partial charge in [0.05, 0.1) is 10.8 Å². The van der Waals surface area contributed by atoms with E-state index >= 15 is 0 Å². The van der Waals surface area contributed by atoms with Gasteiger partial charge in [-0.05, 0) is 38.1 Å². The van der Waals surface area contributed by atoms with E-state index in [1.807, 2.05) is 0 Å². The van der Waals surface area contributed by atoms with Gasteiger partial charge >= 0.3 is 5.97 Å². The van der Waals surface area contributed by atoms with Crippen LogP contribution in [-0.4, -0.2) is 52.1 Å². The summed E-state index contributed by atoms with van der Waals surface area (Å²) in [7, 11) is 0. The molecule has 0 radical (unpaired) electrons. The van der Waals surface area contributed by atoms with Gasteiger partial charge in [-0.1, -0.05) is 13.3 Å². The number of nitrogens with one attached hydrogen (secondary N) is 1. The largest absolute Gasteiger partial charge is 0.480 e. The van der Waals surface area contributed by atoms with Crippen LogP contribution in [-0.2, 0) is 9.59 Å². The molecule has 0 aromatic carbocycles. The third-order valence-corrected chi connectivity index (χ3v) is 6.47. The van der Waals surface area contributed by atoms with Crippen molar-refractivity contribution in [3.05, 3.63) is 0 Å². The number of amides is 1. The van der Waals surface area contributed by atoms with Gasteiger partial charge in [0.2, 0.25) is 5.91 Å². The minimum absolute atomic E-state index is 0.0867. The van der Waals surface area contributed by atoms with Crippen LogP contribution >= 0.6 is 11.8 Å². The Morgan fingerprint density at radius 3 is 2.71 bits per heavy atom. The molecule has 1 aliphatic carbocycles. The standard InChI is InChI=1S/C15H24N2O3S/c1-2-5-15(6-7-16-9-15)14(20)17-11(13(18)19)8-21-12(17)10-3-4-10/h10-12,16H,2-9H2,1H3,(H,18,19). The number of rotatable bonds is 5. The van der Waals surface area contributed by atoms with Crippen molar-refractivity contribution in [3.8, 4) is 0 Å². The fourth-order valence-electron chi connectivity index (χ4n) is 3.72. The van der Waals surface area contributed by atoms with Gasteiger partial charge in [0.25, 0.3) is 0 Å². The van der Waals surface area contributed by atoms with Crippen molar-refractivity contribution in [2.75, 3.05) is 18.8 Å². The summed E-state index contributed by atoms with van der Waals surface area (Å²) in [6.45, 7) is 3.66. The highest BCUT2D eigenvalue weighted by Gasteiger charge is 2.53. The minimum Gasteiger partial charge on any atom is -0.480 e. The summed E-state index contributed by atoms with van der Waals surface area (Å²) in [5, 5.41) is 12.9. The summed E-state index contributed by atoms with van der Waals surface area (Å²) in [5.74, 6) is 0.286. The molecule has 5 nitrogen and oxygen atoms in total. The summed E-state index contributed by atoms with van der Waals surface area (Å²) in [5.41, 5.74) is -0.375. The van der Waals surface area contributed by atoms with E-state index in [1.54, 1.807) is 16.7 Å². The van der Waals surface area contributed by atoms with E-state index in [2.05, 4.69) is 12.2 Å². The van der Waals surface area contributed by atoms with E-state index in [4.69, 9.17) is 0 Å². The molecule has 3 unspecified atom stereocenters. The predicted molar refractivity (Wildman–Crippen MR) is 82.1 cm³/mol. The first-order valence-electron chi connectivity index (χ1n) is 7.97. The normalized spacial score (nSPS) is 36.1. The lowest BCUT2D eigenvalue weighted by atomic mass is 9.80. The molecule has 2 saturated heterocycles. The van der Waals surface area contributed by atoms with Gasteiger partial charge in [-0.25, -0.2) is 4.79 Å². The van der Waals surface area contributed by atoms with E-state index in [-0.39, 0.29) is 16.7 Å². The van der Waals surface area contributed by atoms with Gasteiger partial charge < -0.3 is 15.3 Å². The predicted octanol–water partition coefficient (Wildman–Crippen LogP) is 1.53. The Labute approximate surface area is 129 Å². The summed E-state index contributed by atoms with van der Waals surface area (Å²) in [4.78, 5) is 26.5. The zero-order chi connectivity index (χ0) is 15.0. The molecule has 118 valence electrons. The fourth-order valence-corrected chi connectivity index (χ4v) is 5.35. The van der Waals surface area contributed by atoms with Crippen LogP contribution < -0.4 is 5.32 Å². The van der Waals surface area contributed by atoms with E-state index < -0.39 is 12.0 Å². The Morgan fingerprint density at radius 1 is 1.43 bits per heavy atom. The lowest BCUT2D eigenvalue weighted by Crippen LogP contribution is -2.53. The second kappa shape index (κ2) is 5.80. The Balaban J connectivity index is 1.86. The molecule has 1 saturated carbocycles. The van der Waals surface area contributed by atoms with Crippen LogP contribution in [0.2, 0.25) is 0 Å². The second-order valence-corrected chi connectivity index (χ2v) is 7.73. The Bertz CT molecular complexity index is 433. The monoisotopic (exact) mass is 312 g/mol. The molecule has 1 amide bonds. The van der Waals surface area contributed by atoms with Crippen LogP contribution in [0.1, 0.15) is 39.0 Å². The number of nitrogens with zero attached hydrogens (tertiary/aromatic N) is 1. The van der Waals surface area contributed by atoms with Gasteiger partial charge in [-0.15, -0.1) is 11.8 Å². The first-order valence-corrected chi connectivity index (χ1v) is 9.02. The average Bonchev–Trinajstić information content (AvgIpc) is 3.02.